The number of carbonyl (C=O) groups excluding carboxylic acids is 2. The molecule has 1 aliphatic heterocycles. The van der Waals surface area contributed by atoms with E-state index in [4.69, 9.17) is 14.6 Å². The van der Waals surface area contributed by atoms with Crippen molar-refractivity contribution >= 4 is 17.8 Å². The largest absolute Gasteiger partial charge is 0.497 e. The highest BCUT2D eigenvalue weighted by molar-refractivity contribution is 5.94. The van der Waals surface area contributed by atoms with Crippen LogP contribution in [0.25, 0.3) is 0 Å². The van der Waals surface area contributed by atoms with Crippen LogP contribution < -0.4 is 4.74 Å². The standard InChI is InChI=1S/C17H22N2O6/c1-12(20)19(11-16(21)22)10-15-9-18(6-7-25-15)17(23)13-4-3-5-14(8-13)24-2/h3-5,8,15H,6-7,9-11H2,1-2H3,(H,21,22). The molecule has 8 heteroatoms. The van der Waals surface area contributed by atoms with Gasteiger partial charge in [0.25, 0.3) is 5.91 Å². The van der Waals surface area contributed by atoms with Crippen LogP contribution in [-0.4, -0.2) is 78.7 Å². The van der Waals surface area contributed by atoms with Gasteiger partial charge in [0.2, 0.25) is 5.91 Å². The molecule has 1 unspecified atom stereocenters. The highest BCUT2D eigenvalue weighted by Gasteiger charge is 2.28. The minimum absolute atomic E-state index is 0.128. The Morgan fingerprint density at radius 1 is 1.40 bits per heavy atom. The van der Waals surface area contributed by atoms with Crippen molar-refractivity contribution in [3.63, 3.8) is 0 Å². The van der Waals surface area contributed by atoms with E-state index in [0.29, 0.717) is 31.0 Å². The maximum absolute atomic E-state index is 12.7. The van der Waals surface area contributed by atoms with Crippen LogP contribution in [-0.2, 0) is 14.3 Å². The van der Waals surface area contributed by atoms with E-state index in [1.54, 1.807) is 29.2 Å². The summed E-state index contributed by atoms with van der Waals surface area (Å²) in [4.78, 5) is 37.9. The van der Waals surface area contributed by atoms with E-state index in [0.717, 1.165) is 0 Å². The van der Waals surface area contributed by atoms with E-state index in [1.165, 1.54) is 18.9 Å². The Bertz CT molecular complexity index is 648. The van der Waals surface area contributed by atoms with Crippen LogP contribution in [0.3, 0.4) is 0 Å². The molecular formula is C17H22N2O6. The maximum atomic E-state index is 12.7. The highest BCUT2D eigenvalue weighted by Crippen LogP contribution is 2.16. The van der Waals surface area contributed by atoms with Crippen molar-refractivity contribution in [2.24, 2.45) is 0 Å². The number of hydrogen-bond donors (Lipinski definition) is 1. The predicted octanol–water partition coefficient (Wildman–Crippen LogP) is 0.469. The molecule has 1 atom stereocenters. The van der Waals surface area contributed by atoms with Gasteiger partial charge in [-0.1, -0.05) is 6.07 Å². The molecule has 25 heavy (non-hydrogen) atoms. The Kier molecular flexibility index (Phi) is 6.35. The summed E-state index contributed by atoms with van der Waals surface area (Å²) in [7, 11) is 1.53. The van der Waals surface area contributed by atoms with Gasteiger partial charge in [0.05, 0.1) is 19.8 Å². The molecule has 1 aliphatic rings. The number of ether oxygens (including phenoxy) is 2. The lowest BCUT2D eigenvalue weighted by Crippen LogP contribution is -2.51. The highest BCUT2D eigenvalue weighted by atomic mass is 16.5. The summed E-state index contributed by atoms with van der Waals surface area (Å²) in [6, 6.07) is 6.88. The Hall–Kier alpha value is -2.61. The third kappa shape index (κ3) is 5.18. The molecule has 1 aromatic carbocycles. The van der Waals surface area contributed by atoms with Crippen LogP contribution in [0.1, 0.15) is 17.3 Å². The number of carboxylic acids is 1. The van der Waals surface area contributed by atoms with Gasteiger partial charge in [-0.15, -0.1) is 0 Å². The first-order chi connectivity index (χ1) is 11.9. The Morgan fingerprint density at radius 3 is 2.80 bits per heavy atom. The van der Waals surface area contributed by atoms with Crippen molar-refractivity contribution in [2.75, 3.05) is 39.9 Å². The summed E-state index contributed by atoms with van der Waals surface area (Å²) in [5, 5.41) is 8.89. The summed E-state index contributed by atoms with van der Waals surface area (Å²) in [6.45, 7) is 2.11. The van der Waals surface area contributed by atoms with Gasteiger partial charge in [-0.3, -0.25) is 14.4 Å². The molecule has 1 fully saturated rings. The zero-order chi connectivity index (χ0) is 18.4. The van der Waals surface area contributed by atoms with Crippen molar-refractivity contribution in [3.05, 3.63) is 29.8 Å². The summed E-state index contributed by atoms with van der Waals surface area (Å²) in [5.41, 5.74) is 0.508. The van der Waals surface area contributed by atoms with E-state index >= 15 is 0 Å². The molecule has 1 N–H and O–H groups in total. The predicted molar refractivity (Wildman–Crippen MR) is 88.5 cm³/mol. The second-order valence-corrected chi connectivity index (χ2v) is 5.77. The van der Waals surface area contributed by atoms with Gasteiger partial charge in [-0.25, -0.2) is 0 Å². The van der Waals surface area contributed by atoms with Crippen molar-refractivity contribution in [1.29, 1.82) is 0 Å². The van der Waals surface area contributed by atoms with Crippen LogP contribution in [0.4, 0.5) is 0 Å². The molecule has 8 nitrogen and oxygen atoms in total. The Morgan fingerprint density at radius 2 is 2.16 bits per heavy atom. The second-order valence-electron chi connectivity index (χ2n) is 5.77. The van der Waals surface area contributed by atoms with Gasteiger partial charge in [0.15, 0.2) is 0 Å². The number of carbonyl (C=O) groups is 3. The van der Waals surface area contributed by atoms with Gasteiger partial charge < -0.3 is 24.4 Å². The molecule has 2 rings (SSSR count). The number of nitrogens with zero attached hydrogens (tertiary/aromatic N) is 2. The average Bonchev–Trinajstić information content (AvgIpc) is 2.60. The maximum Gasteiger partial charge on any atom is 0.323 e. The van der Waals surface area contributed by atoms with E-state index in [2.05, 4.69) is 0 Å². The molecule has 0 bridgehead atoms. The number of methoxy groups -OCH3 is 1. The molecule has 0 spiro atoms. The summed E-state index contributed by atoms with van der Waals surface area (Å²) < 4.78 is 10.7. The fourth-order valence-corrected chi connectivity index (χ4v) is 2.67. The fraction of sp³-hybridized carbons (Fsp3) is 0.471. The van der Waals surface area contributed by atoms with Crippen LogP contribution in [0, 0.1) is 0 Å². The first-order valence-corrected chi connectivity index (χ1v) is 7.93. The van der Waals surface area contributed by atoms with Gasteiger partial charge >= 0.3 is 5.97 Å². The Balaban J connectivity index is 2.02. The lowest BCUT2D eigenvalue weighted by Gasteiger charge is -2.35. The number of aliphatic carboxylic acids is 1. The molecule has 0 aliphatic carbocycles. The Labute approximate surface area is 145 Å². The first kappa shape index (κ1) is 18.7. The summed E-state index contributed by atoms with van der Waals surface area (Å²) in [5.74, 6) is -0.989. The van der Waals surface area contributed by atoms with Crippen LogP contribution >= 0.6 is 0 Å². The smallest absolute Gasteiger partial charge is 0.323 e. The van der Waals surface area contributed by atoms with E-state index in [1.807, 2.05) is 0 Å². The lowest BCUT2D eigenvalue weighted by atomic mass is 10.1. The number of morpholine rings is 1. The first-order valence-electron chi connectivity index (χ1n) is 7.93. The number of benzene rings is 1. The quantitative estimate of drug-likeness (QED) is 0.801. The lowest BCUT2D eigenvalue weighted by molar-refractivity contribution is -0.145. The molecule has 1 heterocycles. The molecule has 0 saturated carbocycles. The SMILES string of the molecule is COc1cccc(C(=O)N2CCOC(CN(CC(=O)O)C(C)=O)C2)c1. The fourth-order valence-electron chi connectivity index (χ4n) is 2.67. The van der Waals surface area contributed by atoms with E-state index in [9.17, 15) is 14.4 Å². The summed E-state index contributed by atoms with van der Waals surface area (Å²) >= 11 is 0. The third-order valence-corrected chi connectivity index (χ3v) is 3.94. The molecule has 0 aromatic heterocycles. The van der Waals surface area contributed by atoms with Crippen molar-refractivity contribution in [3.8, 4) is 5.75 Å². The third-order valence-electron chi connectivity index (χ3n) is 3.94. The van der Waals surface area contributed by atoms with Gasteiger partial charge in [0, 0.05) is 32.1 Å². The molecule has 1 saturated heterocycles. The minimum Gasteiger partial charge on any atom is -0.497 e. The number of carboxylic acid groups (broad SMARTS) is 1. The van der Waals surface area contributed by atoms with E-state index < -0.39 is 12.1 Å². The van der Waals surface area contributed by atoms with Crippen LogP contribution in [0.2, 0.25) is 0 Å². The van der Waals surface area contributed by atoms with E-state index in [-0.39, 0.29) is 24.9 Å². The average molecular weight is 350 g/mol. The van der Waals surface area contributed by atoms with Gasteiger partial charge in [0.1, 0.15) is 12.3 Å². The van der Waals surface area contributed by atoms with Gasteiger partial charge in [-0.05, 0) is 18.2 Å². The van der Waals surface area contributed by atoms with Crippen molar-refractivity contribution in [2.45, 2.75) is 13.0 Å². The minimum atomic E-state index is -1.09. The molecule has 2 amide bonds. The van der Waals surface area contributed by atoms with Crippen molar-refractivity contribution < 1.29 is 29.0 Å². The zero-order valence-electron chi connectivity index (χ0n) is 14.3. The number of rotatable bonds is 6. The number of hydrogen-bond acceptors (Lipinski definition) is 5. The molecule has 1 aromatic rings. The zero-order valence-corrected chi connectivity index (χ0v) is 14.3. The monoisotopic (exact) mass is 350 g/mol. The van der Waals surface area contributed by atoms with Crippen molar-refractivity contribution in [1.82, 2.24) is 9.80 Å². The molecular weight excluding hydrogens is 328 g/mol. The molecule has 136 valence electrons. The summed E-state index contributed by atoms with van der Waals surface area (Å²) in [6.07, 6.45) is -0.424. The topological polar surface area (TPSA) is 96.4 Å². The van der Waals surface area contributed by atoms with Crippen LogP contribution in [0.15, 0.2) is 24.3 Å². The normalized spacial score (nSPS) is 17.0. The number of amides is 2. The molecule has 0 radical (unpaired) electrons. The van der Waals surface area contributed by atoms with Crippen LogP contribution in [0.5, 0.6) is 5.75 Å². The van der Waals surface area contributed by atoms with Gasteiger partial charge in [-0.2, -0.15) is 0 Å². The second kappa shape index (κ2) is 8.48.